The van der Waals surface area contributed by atoms with Gasteiger partial charge < -0.3 is 36.2 Å². The third-order valence-electron chi connectivity index (χ3n) is 11.9. The van der Waals surface area contributed by atoms with E-state index in [1.54, 1.807) is 18.2 Å². The van der Waals surface area contributed by atoms with E-state index < -0.39 is 66.5 Å². The molecule has 4 atom stereocenters. The van der Waals surface area contributed by atoms with Gasteiger partial charge in [-0.1, -0.05) is 17.7 Å². The summed E-state index contributed by atoms with van der Waals surface area (Å²) in [6.45, 7) is 3.29. The second-order valence-electron chi connectivity index (χ2n) is 15.4. The number of hydrazone groups is 1. The fraction of sp³-hybridized carbons (Fsp3) is 0.538. The lowest BCUT2D eigenvalue weighted by atomic mass is 9.61. The van der Waals surface area contributed by atoms with Gasteiger partial charge in [0.15, 0.2) is 0 Å². The third kappa shape index (κ3) is 8.09. The van der Waals surface area contributed by atoms with Gasteiger partial charge in [-0.15, -0.1) is 10.2 Å². The number of fused-ring (bicyclic) bond motifs is 2. The van der Waals surface area contributed by atoms with E-state index >= 15 is 0 Å². The highest BCUT2D eigenvalue weighted by Gasteiger charge is 2.56. The summed E-state index contributed by atoms with van der Waals surface area (Å²) in [6, 6.07) is 2.37. The molecule has 2 fully saturated rings. The summed E-state index contributed by atoms with van der Waals surface area (Å²) >= 11 is 0. The number of aliphatic imine (C=N–C) groups is 1. The monoisotopic (exact) mass is 821 g/mol. The Kier molecular flexibility index (Phi) is 12.0. The summed E-state index contributed by atoms with van der Waals surface area (Å²) < 4.78 is 34.5. The predicted molar refractivity (Wildman–Crippen MR) is 211 cm³/mol. The number of hydrogen-bond acceptors (Lipinski definition) is 12. The van der Waals surface area contributed by atoms with Crippen LogP contribution in [0.3, 0.4) is 0 Å². The Bertz CT molecular complexity index is 2160. The number of alkyl halides is 2. The highest BCUT2D eigenvalue weighted by molar-refractivity contribution is 6.04. The lowest BCUT2D eigenvalue weighted by molar-refractivity contribution is -0.136. The lowest BCUT2D eigenvalue weighted by Crippen LogP contribution is -2.65. The van der Waals surface area contributed by atoms with Crippen molar-refractivity contribution in [2.24, 2.45) is 32.0 Å². The van der Waals surface area contributed by atoms with Crippen molar-refractivity contribution in [3.63, 3.8) is 0 Å². The Hall–Kier alpha value is -5.92. The normalized spacial score (nSPS) is 24.6. The van der Waals surface area contributed by atoms with Crippen LogP contribution in [0.1, 0.15) is 64.3 Å². The molecule has 7 rings (SSSR count). The molecule has 0 radical (unpaired) electrons. The number of carbonyl (C=O) groups excluding carboxylic acids is 4. The SMILES string of the molecule is CNC(=O)N1CCC(NC2CCOCC2)=C(C(N)=NC(CCC(F)F)[C@@]23C=C(C)[C@@H]2CC=NN3CC(=O)N=Nc2cccc3c(O)n(C4CCC(=O)NC4=O)c(O)c23)C1. The van der Waals surface area contributed by atoms with Crippen molar-refractivity contribution in [1.29, 1.82) is 0 Å². The summed E-state index contributed by atoms with van der Waals surface area (Å²) in [4.78, 5) is 57.4. The highest BCUT2D eigenvalue weighted by Crippen LogP contribution is 2.50. The third-order valence-corrected chi connectivity index (χ3v) is 11.9. The van der Waals surface area contributed by atoms with Crippen LogP contribution in [0.5, 0.6) is 11.8 Å². The molecule has 1 aromatic carbocycles. The molecule has 18 nitrogen and oxygen atoms in total. The van der Waals surface area contributed by atoms with Gasteiger partial charge in [0.1, 0.15) is 24.0 Å². The maximum Gasteiger partial charge on any atom is 0.317 e. The van der Waals surface area contributed by atoms with Gasteiger partial charge in [0.05, 0.1) is 23.7 Å². The Morgan fingerprint density at radius 1 is 1.14 bits per heavy atom. The van der Waals surface area contributed by atoms with Crippen LogP contribution in [-0.4, -0.2) is 124 Å². The number of piperidine rings is 1. The first-order valence-electron chi connectivity index (χ1n) is 19.8. The van der Waals surface area contributed by atoms with Crippen molar-refractivity contribution >= 4 is 52.3 Å². The van der Waals surface area contributed by atoms with E-state index in [1.807, 2.05) is 13.0 Å². The van der Waals surface area contributed by atoms with Gasteiger partial charge in [-0.3, -0.25) is 34.3 Å². The van der Waals surface area contributed by atoms with E-state index in [4.69, 9.17) is 15.5 Å². The quantitative estimate of drug-likeness (QED) is 0.0599. The average molecular weight is 822 g/mol. The molecule has 0 spiro atoms. The van der Waals surface area contributed by atoms with Crippen molar-refractivity contribution in [2.75, 3.05) is 39.9 Å². The van der Waals surface area contributed by atoms with Crippen molar-refractivity contribution in [3.8, 4) is 11.8 Å². The Balaban J connectivity index is 1.19. The van der Waals surface area contributed by atoms with E-state index in [0.29, 0.717) is 38.2 Å². The molecule has 59 heavy (non-hydrogen) atoms. The fourth-order valence-corrected chi connectivity index (χ4v) is 8.89. The van der Waals surface area contributed by atoms with Crippen molar-refractivity contribution in [2.45, 2.75) is 88.4 Å². The Morgan fingerprint density at radius 3 is 2.63 bits per heavy atom. The molecule has 7 N–H and O–H groups in total. The van der Waals surface area contributed by atoms with E-state index in [-0.39, 0.29) is 66.1 Å². The van der Waals surface area contributed by atoms with Crippen LogP contribution in [-0.2, 0) is 19.1 Å². The molecule has 0 saturated carbocycles. The molecule has 1 aromatic heterocycles. The van der Waals surface area contributed by atoms with E-state index in [1.165, 1.54) is 23.2 Å². The molecule has 2 saturated heterocycles. The average Bonchev–Trinajstić information content (AvgIpc) is 3.47. The molecular formula is C39H49F2N11O7. The molecule has 20 heteroatoms. The van der Waals surface area contributed by atoms with Crippen LogP contribution in [0.2, 0.25) is 0 Å². The summed E-state index contributed by atoms with van der Waals surface area (Å²) in [5.41, 5.74) is 8.12. The number of benzene rings is 1. The number of amides is 5. The number of amidine groups is 1. The minimum absolute atomic E-state index is 0.00478. The zero-order valence-corrected chi connectivity index (χ0v) is 32.9. The van der Waals surface area contributed by atoms with Crippen LogP contribution < -0.4 is 21.7 Å². The van der Waals surface area contributed by atoms with Crippen LogP contribution in [0.4, 0.5) is 19.3 Å². The van der Waals surface area contributed by atoms with Crippen molar-refractivity contribution in [1.82, 2.24) is 30.4 Å². The maximum atomic E-state index is 14.0. The van der Waals surface area contributed by atoms with Crippen LogP contribution in [0.15, 0.2) is 61.4 Å². The number of aromatic hydroxyl groups is 2. The first-order valence-corrected chi connectivity index (χ1v) is 19.8. The number of carbonyl (C=O) groups is 4. The molecule has 316 valence electrons. The van der Waals surface area contributed by atoms with Crippen molar-refractivity contribution < 1.29 is 42.9 Å². The fourth-order valence-electron chi connectivity index (χ4n) is 8.89. The molecule has 5 amide bonds. The lowest BCUT2D eigenvalue weighted by Gasteiger charge is -2.56. The number of nitrogens with zero attached hydrogens (tertiary/aromatic N) is 7. The van der Waals surface area contributed by atoms with Gasteiger partial charge >= 0.3 is 6.03 Å². The molecule has 2 aromatic rings. The smallest absolute Gasteiger partial charge is 0.317 e. The van der Waals surface area contributed by atoms with Crippen molar-refractivity contribution in [3.05, 3.63) is 41.1 Å². The standard InChI is InChI=1S/C39H49F2N11O7/c1-21-18-39(29(7-8-30(40)41)46-34(42)24-19-50(38(58)43-2)15-11-26(24)45-22-12-16-59-17-13-22)25(21)10-14-44-51(39)20-32(54)49-48-27-5-3-4-23-33(27)37(57)52(36(23)56)28-6-9-31(53)47-35(28)55/h3-5,14,18,22,25,28-30,45,56-57H,6-13,15-17,19-20H2,1-2H3,(H2,42,46)(H,43,58)(H,47,53,55)/t25-,28?,29?,39+/m0/s1. The molecule has 1 aliphatic carbocycles. The number of azo groups is 1. The number of urea groups is 1. The zero-order valence-electron chi connectivity index (χ0n) is 32.9. The number of aromatic nitrogens is 1. The topological polar surface area (TPSA) is 241 Å². The van der Waals surface area contributed by atoms with Gasteiger partial charge in [-0.2, -0.15) is 5.10 Å². The minimum atomic E-state index is -2.64. The van der Waals surface area contributed by atoms with Gasteiger partial charge in [-0.05, 0) is 51.2 Å². The number of rotatable bonds is 12. The second kappa shape index (κ2) is 17.1. The number of nitrogens with two attached hydrogens (primary N) is 1. The molecule has 5 aliphatic rings. The summed E-state index contributed by atoms with van der Waals surface area (Å²) in [6.07, 6.45) is 2.87. The Morgan fingerprint density at radius 2 is 1.92 bits per heavy atom. The van der Waals surface area contributed by atoms with E-state index in [9.17, 15) is 38.2 Å². The number of halogens is 2. The van der Waals surface area contributed by atoms with Gasteiger partial charge in [0.2, 0.25) is 30.0 Å². The van der Waals surface area contributed by atoms with Crippen LogP contribution >= 0.6 is 0 Å². The minimum Gasteiger partial charge on any atom is -0.494 e. The van der Waals surface area contributed by atoms with Gasteiger partial charge in [0.25, 0.3) is 5.91 Å². The summed E-state index contributed by atoms with van der Waals surface area (Å²) in [5.74, 6) is -2.98. The first-order chi connectivity index (χ1) is 28.3. The summed E-state index contributed by atoms with van der Waals surface area (Å²) in [7, 11) is 1.54. The number of nitrogens with one attached hydrogen (secondary N) is 3. The number of ether oxygens (including phenoxy) is 1. The molecule has 0 bridgehead atoms. The maximum absolute atomic E-state index is 14.0. The molecule has 2 unspecified atom stereocenters. The number of imide groups is 1. The van der Waals surface area contributed by atoms with Gasteiger partial charge in [-0.25, -0.2) is 13.6 Å². The van der Waals surface area contributed by atoms with Crippen LogP contribution in [0, 0.1) is 5.92 Å². The van der Waals surface area contributed by atoms with E-state index in [2.05, 4.69) is 31.3 Å². The first kappa shape index (κ1) is 41.2. The van der Waals surface area contributed by atoms with Crippen LogP contribution in [0.25, 0.3) is 10.8 Å². The second-order valence-corrected chi connectivity index (χ2v) is 15.4. The highest BCUT2D eigenvalue weighted by atomic mass is 19.3. The zero-order chi connectivity index (χ0) is 42.0. The van der Waals surface area contributed by atoms with E-state index in [0.717, 1.165) is 28.7 Å². The molecule has 4 aliphatic heterocycles. The Labute approximate surface area is 338 Å². The largest absolute Gasteiger partial charge is 0.494 e. The summed E-state index contributed by atoms with van der Waals surface area (Å²) in [5, 5.41) is 45.0. The number of hydrogen-bond donors (Lipinski definition) is 6. The molecule has 5 heterocycles. The van der Waals surface area contributed by atoms with Gasteiger partial charge in [0, 0.05) is 80.9 Å². The predicted octanol–water partition coefficient (Wildman–Crippen LogP) is 3.49. The molecular weight excluding hydrogens is 772 g/mol.